The van der Waals surface area contributed by atoms with E-state index in [-0.39, 0.29) is 24.3 Å². The molecule has 2 aromatic rings. The van der Waals surface area contributed by atoms with Gasteiger partial charge in [0.1, 0.15) is 5.71 Å². The first-order valence-corrected chi connectivity index (χ1v) is 11.6. The average molecular weight is 449 g/mol. The number of rotatable bonds is 6. The van der Waals surface area contributed by atoms with Gasteiger partial charge in [-0.3, -0.25) is 14.5 Å². The molecule has 0 bridgehead atoms. The van der Waals surface area contributed by atoms with Crippen molar-refractivity contribution in [1.82, 2.24) is 10.2 Å². The fraction of sp³-hybridized carbons (Fsp3) is 0.423. The van der Waals surface area contributed by atoms with Gasteiger partial charge in [-0.15, -0.1) is 0 Å². The highest BCUT2D eigenvalue weighted by atomic mass is 16.5. The fourth-order valence-electron chi connectivity index (χ4n) is 4.28. The molecule has 1 unspecified atom stereocenters. The first kappa shape index (κ1) is 23.1. The lowest BCUT2D eigenvalue weighted by Gasteiger charge is -2.35. The highest BCUT2D eigenvalue weighted by Crippen LogP contribution is 2.26. The summed E-state index contributed by atoms with van der Waals surface area (Å²) >= 11 is 0. The van der Waals surface area contributed by atoms with Gasteiger partial charge in [0.2, 0.25) is 5.91 Å². The van der Waals surface area contributed by atoms with Crippen LogP contribution in [0, 0.1) is 20.8 Å². The fourth-order valence-corrected chi connectivity index (χ4v) is 4.28. The lowest BCUT2D eigenvalue weighted by atomic mass is 10.0. The lowest BCUT2D eigenvalue weighted by molar-refractivity contribution is -0.119. The minimum atomic E-state index is -0.219. The van der Waals surface area contributed by atoms with Crippen LogP contribution >= 0.6 is 0 Å². The van der Waals surface area contributed by atoms with E-state index in [1.807, 2.05) is 32.0 Å². The van der Waals surface area contributed by atoms with Crippen LogP contribution < -0.4 is 10.3 Å². The molecular formula is C26H32N4O3. The van der Waals surface area contributed by atoms with Gasteiger partial charge in [0.25, 0.3) is 5.91 Å². The Hall–Kier alpha value is -3.03. The third-order valence-corrected chi connectivity index (χ3v) is 6.29. The summed E-state index contributed by atoms with van der Waals surface area (Å²) in [7, 11) is 0. The number of benzene rings is 2. The lowest BCUT2D eigenvalue weighted by Crippen LogP contribution is -2.46. The third-order valence-electron chi connectivity index (χ3n) is 6.29. The Bertz CT molecular complexity index is 1040. The summed E-state index contributed by atoms with van der Waals surface area (Å²) in [5.74, 6) is -0.311. The number of anilines is 1. The number of carbonyl (C=O) groups is 2. The quantitative estimate of drug-likeness (QED) is 0.736. The Labute approximate surface area is 195 Å². The van der Waals surface area contributed by atoms with Crippen molar-refractivity contribution in [3.8, 4) is 0 Å². The molecule has 1 atom stereocenters. The first-order valence-electron chi connectivity index (χ1n) is 11.6. The molecule has 0 aliphatic carbocycles. The molecule has 0 spiro atoms. The average Bonchev–Trinajstić information content (AvgIpc) is 2.83. The zero-order valence-electron chi connectivity index (χ0n) is 19.6. The van der Waals surface area contributed by atoms with Crippen molar-refractivity contribution < 1.29 is 14.3 Å². The zero-order valence-corrected chi connectivity index (χ0v) is 19.6. The minimum absolute atomic E-state index is 0.0550. The van der Waals surface area contributed by atoms with Crippen molar-refractivity contribution in [2.75, 3.05) is 37.9 Å². The number of hydrazone groups is 1. The third kappa shape index (κ3) is 5.49. The monoisotopic (exact) mass is 448 g/mol. The molecule has 0 aromatic heterocycles. The smallest absolute Gasteiger partial charge is 0.267 e. The normalized spacial score (nSPS) is 18.1. The van der Waals surface area contributed by atoms with Crippen LogP contribution in [0.5, 0.6) is 0 Å². The van der Waals surface area contributed by atoms with Gasteiger partial charge in [-0.05, 0) is 43.5 Å². The molecule has 2 amide bonds. The molecule has 1 fully saturated rings. The van der Waals surface area contributed by atoms with Crippen molar-refractivity contribution in [2.45, 2.75) is 39.7 Å². The first-order chi connectivity index (χ1) is 15.9. The van der Waals surface area contributed by atoms with Crippen LogP contribution in [0.1, 0.15) is 41.1 Å². The van der Waals surface area contributed by atoms with E-state index < -0.39 is 0 Å². The number of aryl methyl sites for hydroxylation is 3. The number of nitrogens with one attached hydrogen (secondary N) is 1. The standard InChI is InChI=1S/C26H32N4O3/c1-18-5-8-21(9-6-18)24(29-12-14-33-15-13-29)17-27-26(32)22-10-11-25(31)30(28-22)23-16-19(2)4-7-20(23)3/h4-9,16,24H,10-15,17H2,1-3H3,(H,27,32). The summed E-state index contributed by atoms with van der Waals surface area (Å²) in [5.41, 5.74) is 5.49. The van der Waals surface area contributed by atoms with E-state index in [9.17, 15) is 9.59 Å². The molecular weight excluding hydrogens is 416 g/mol. The molecule has 1 saturated heterocycles. The van der Waals surface area contributed by atoms with Gasteiger partial charge >= 0.3 is 0 Å². The number of ether oxygens (including phenoxy) is 1. The summed E-state index contributed by atoms with van der Waals surface area (Å²) in [5, 5.41) is 8.94. The number of hydrogen-bond donors (Lipinski definition) is 1. The maximum Gasteiger partial charge on any atom is 0.267 e. The van der Waals surface area contributed by atoms with Gasteiger partial charge in [0.05, 0.1) is 24.9 Å². The van der Waals surface area contributed by atoms with Crippen LogP contribution in [-0.2, 0) is 14.3 Å². The Morgan fingerprint density at radius 1 is 1.03 bits per heavy atom. The Balaban J connectivity index is 1.51. The molecule has 1 N–H and O–H groups in total. The Morgan fingerprint density at radius 3 is 2.45 bits per heavy atom. The SMILES string of the molecule is Cc1ccc(C(CNC(=O)C2=NN(c3cc(C)ccc3C)C(=O)CC2)N2CCOCC2)cc1. The van der Waals surface area contributed by atoms with E-state index in [1.165, 1.54) is 16.1 Å². The summed E-state index contributed by atoms with van der Waals surface area (Å²) in [6, 6.07) is 14.4. The summed E-state index contributed by atoms with van der Waals surface area (Å²) in [6.07, 6.45) is 0.614. The van der Waals surface area contributed by atoms with E-state index in [4.69, 9.17) is 4.74 Å². The van der Waals surface area contributed by atoms with Gasteiger partial charge in [-0.2, -0.15) is 5.10 Å². The number of nitrogens with zero attached hydrogens (tertiary/aromatic N) is 3. The Morgan fingerprint density at radius 2 is 1.73 bits per heavy atom. The maximum atomic E-state index is 13.1. The number of carbonyl (C=O) groups excluding carboxylic acids is 2. The van der Waals surface area contributed by atoms with E-state index >= 15 is 0 Å². The van der Waals surface area contributed by atoms with E-state index in [1.54, 1.807) is 0 Å². The topological polar surface area (TPSA) is 74.2 Å². The van der Waals surface area contributed by atoms with Gasteiger partial charge in [-0.1, -0.05) is 42.0 Å². The van der Waals surface area contributed by atoms with Crippen molar-refractivity contribution in [1.29, 1.82) is 0 Å². The van der Waals surface area contributed by atoms with Crippen LogP contribution in [0.15, 0.2) is 47.6 Å². The molecule has 0 saturated carbocycles. The molecule has 2 heterocycles. The summed E-state index contributed by atoms with van der Waals surface area (Å²) < 4.78 is 5.52. The largest absolute Gasteiger partial charge is 0.379 e. The second-order valence-electron chi connectivity index (χ2n) is 8.83. The predicted molar refractivity (Wildman–Crippen MR) is 129 cm³/mol. The van der Waals surface area contributed by atoms with Crippen molar-refractivity contribution in [3.63, 3.8) is 0 Å². The van der Waals surface area contributed by atoms with Gasteiger partial charge < -0.3 is 10.1 Å². The maximum absolute atomic E-state index is 13.1. The van der Waals surface area contributed by atoms with Gasteiger partial charge in [0, 0.05) is 32.5 Å². The molecule has 4 rings (SSSR count). The van der Waals surface area contributed by atoms with E-state index in [0.29, 0.717) is 31.9 Å². The molecule has 2 aliphatic rings. The van der Waals surface area contributed by atoms with Crippen molar-refractivity contribution in [2.24, 2.45) is 5.10 Å². The molecule has 2 aliphatic heterocycles. The summed E-state index contributed by atoms with van der Waals surface area (Å²) in [6.45, 7) is 9.49. The molecule has 7 nitrogen and oxygen atoms in total. The molecule has 33 heavy (non-hydrogen) atoms. The summed E-state index contributed by atoms with van der Waals surface area (Å²) in [4.78, 5) is 28.0. The minimum Gasteiger partial charge on any atom is -0.379 e. The number of hydrogen-bond acceptors (Lipinski definition) is 5. The van der Waals surface area contributed by atoms with E-state index in [0.717, 1.165) is 29.9 Å². The van der Waals surface area contributed by atoms with Gasteiger partial charge in [0.15, 0.2) is 0 Å². The number of morpholine rings is 1. The van der Waals surface area contributed by atoms with Crippen LogP contribution in [0.4, 0.5) is 5.69 Å². The van der Waals surface area contributed by atoms with Crippen molar-refractivity contribution >= 4 is 23.2 Å². The highest BCUT2D eigenvalue weighted by Gasteiger charge is 2.28. The van der Waals surface area contributed by atoms with E-state index in [2.05, 4.69) is 46.5 Å². The van der Waals surface area contributed by atoms with Crippen LogP contribution in [0.25, 0.3) is 0 Å². The molecule has 7 heteroatoms. The van der Waals surface area contributed by atoms with Crippen molar-refractivity contribution in [3.05, 3.63) is 64.7 Å². The Kier molecular flexibility index (Phi) is 7.20. The molecule has 0 radical (unpaired) electrons. The molecule has 2 aromatic carbocycles. The van der Waals surface area contributed by atoms with Crippen LogP contribution in [0.2, 0.25) is 0 Å². The highest BCUT2D eigenvalue weighted by molar-refractivity contribution is 6.40. The second-order valence-corrected chi connectivity index (χ2v) is 8.83. The molecule has 174 valence electrons. The second kappa shape index (κ2) is 10.3. The zero-order chi connectivity index (χ0) is 23.4. The predicted octanol–water partition coefficient (Wildman–Crippen LogP) is 3.28. The van der Waals surface area contributed by atoms with Crippen LogP contribution in [-0.4, -0.2) is 55.3 Å². The van der Waals surface area contributed by atoms with Crippen LogP contribution in [0.3, 0.4) is 0 Å². The number of amides is 2. The van der Waals surface area contributed by atoms with Gasteiger partial charge in [-0.25, -0.2) is 5.01 Å².